The maximum Gasteiger partial charge on any atom is 0.238 e. The van der Waals surface area contributed by atoms with E-state index < -0.39 is 0 Å². The lowest BCUT2D eigenvalue weighted by Gasteiger charge is -2.19. The Morgan fingerprint density at radius 3 is 2.76 bits per heavy atom. The average Bonchev–Trinajstić information content (AvgIpc) is 2.93. The van der Waals surface area contributed by atoms with Crippen LogP contribution in [0.5, 0.6) is 0 Å². The summed E-state index contributed by atoms with van der Waals surface area (Å²) in [6.07, 6.45) is 1.54. The Balaban J connectivity index is 1.81. The molecule has 3 rings (SSSR count). The molecule has 0 spiro atoms. The molecule has 0 N–H and O–H groups in total. The fraction of sp³-hybridized carbons (Fsp3) is 0.222. The van der Waals surface area contributed by atoms with Gasteiger partial charge in [-0.25, -0.2) is 9.97 Å². The van der Waals surface area contributed by atoms with Crippen LogP contribution in [-0.4, -0.2) is 28.2 Å². The summed E-state index contributed by atoms with van der Waals surface area (Å²) in [5.41, 5.74) is 1.89. The molecule has 0 aliphatic carbocycles. The predicted molar refractivity (Wildman–Crippen MR) is 102 cm³/mol. The second kappa shape index (κ2) is 7.64. The van der Waals surface area contributed by atoms with E-state index in [0.29, 0.717) is 0 Å². The topological polar surface area (TPSA) is 69.9 Å². The molecule has 0 fully saturated rings. The van der Waals surface area contributed by atoms with Crippen molar-refractivity contribution in [1.29, 1.82) is 5.26 Å². The molecule has 5 nitrogen and oxygen atoms in total. The number of hydrogen-bond donors (Lipinski definition) is 0. The van der Waals surface area contributed by atoms with Gasteiger partial charge in [0, 0.05) is 16.0 Å². The molecule has 126 valence electrons. The summed E-state index contributed by atoms with van der Waals surface area (Å²) >= 11 is 3.02. The number of thiophene rings is 1. The van der Waals surface area contributed by atoms with Crippen LogP contribution in [0.2, 0.25) is 0 Å². The van der Waals surface area contributed by atoms with Gasteiger partial charge in [-0.05, 0) is 31.5 Å². The van der Waals surface area contributed by atoms with Gasteiger partial charge in [-0.1, -0.05) is 30.0 Å². The number of rotatable bonds is 5. The van der Waals surface area contributed by atoms with E-state index >= 15 is 0 Å². The molecule has 7 heteroatoms. The zero-order chi connectivity index (χ0) is 17.8. The summed E-state index contributed by atoms with van der Waals surface area (Å²) in [6.45, 7) is 4.14. The van der Waals surface area contributed by atoms with Crippen LogP contribution in [0.4, 0.5) is 5.69 Å². The summed E-state index contributed by atoms with van der Waals surface area (Å²) in [4.78, 5) is 25.0. The molecular weight excluding hydrogens is 352 g/mol. The highest BCUT2D eigenvalue weighted by molar-refractivity contribution is 8.00. The van der Waals surface area contributed by atoms with E-state index in [1.54, 1.807) is 11.3 Å². The summed E-state index contributed by atoms with van der Waals surface area (Å²) < 4.78 is 0. The first kappa shape index (κ1) is 17.4. The highest BCUT2D eigenvalue weighted by atomic mass is 32.2. The van der Waals surface area contributed by atoms with Gasteiger partial charge in [-0.3, -0.25) is 9.69 Å². The second-order valence-corrected chi connectivity index (χ2v) is 7.57. The summed E-state index contributed by atoms with van der Waals surface area (Å²) in [5.74, 6) is 0.103. The van der Waals surface area contributed by atoms with Crippen molar-refractivity contribution in [3.63, 3.8) is 0 Å². The van der Waals surface area contributed by atoms with Gasteiger partial charge in [-0.15, -0.1) is 11.3 Å². The van der Waals surface area contributed by atoms with Crippen LogP contribution in [0.3, 0.4) is 0 Å². The lowest BCUT2D eigenvalue weighted by Crippen LogP contribution is -2.32. The quantitative estimate of drug-likeness (QED) is 0.387. The van der Waals surface area contributed by atoms with Crippen LogP contribution in [0.25, 0.3) is 10.2 Å². The number of para-hydroxylation sites is 1. The summed E-state index contributed by atoms with van der Waals surface area (Å²) in [5, 5.41) is 10.9. The Bertz CT molecular complexity index is 947. The normalized spacial score (nSPS) is 10.6. The molecule has 2 heterocycles. The molecule has 1 aromatic carbocycles. The number of nitrogens with zero attached hydrogens (tertiary/aromatic N) is 4. The fourth-order valence-corrected chi connectivity index (χ4v) is 4.46. The Labute approximate surface area is 154 Å². The number of aromatic nitrogens is 2. The SMILES string of the molecule is Cc1sc2ncnc(SCC(=O)N(CC#N)c3ccccc3)c2c1C. The van der Waals surface area contributed by atoms with Crippen molar-refractivity contribution >= 4 is 44.9 Å². The van der Waals surface area contributed by atoms with Gasteiger partial charge in [0.25, 0.3) is 0 Å². The number of carbonyl (C=O) groups is 1. The van der Waals surface area contributed by atoms with E-state index in [-0.39, 0.29) is 18.2 Å². The van der Waals surface area contributed by atoms with Crippen molar-refractivity contribution in [3.8, 4) is 6.07 Å². The third-order valence-corrected chi connectivity index (χ3v) is 5.95. The van der Waals surface area contributed by atoms with Gasteiger partial charge in [0.15, 0.2) is 0 Å². The first-order chi connectivity index (χ1) is 12.1. The van der Waals surface area contributed by atoms with E-state index in [1.165, 1.54) is 27.9 Å². The molecule has 0 saturated carbocycles. The Kier molecular flexibility index (Phi) is 5.31. The van der Waals surface area contributed by atoms with Crippen LogP contribution in [0.1, 0.15) is 10.4 Å². The van der Waals surface area contributed by atoms with Crippen LogP contribution in [-0.2, 0) is 4.79 Å². The Hall–Kier alpha value is -2.43. The van der Waals surface area contributed by atoms with E-state index in [4.69, 9.17) is 5.26 Å². The molecule has 1 amide bonds. The first-order valence-electron chi connectivity index (χ1n) is 7.67. The van der Waals surface area contributed by atoms with Crippen LogP contribution >= 0.6 is 23.1 Å². The number of carbonyl (C=O) groups excluding carboxylic acids is 1. The molecule has 0 atom stereocenters. The predicted octanol–water partition coefficient (Wildman–Crippen LogP) is 3.96. The Morgan fingerprint density at radius 1 is 1.28 bits per heavy atom. The lowest BCUT2D eigenvalue weighted by atomic mass is 10.2. The minimum atomic E-state index is -0.117. The molecule has 0 radical (unpaired) electrons. The van der Waals surface area contributed by atoms with Crippen LogP contribution in [0.15, 0.2) is 41.7 Å². The number of thioether (sulfide) groups is 1. The van der Waals surface area contributed by atoms with Gasteiger partial charge < -0.3 is 0 Å². The van der Waals surface area contributed by atoms with E-state index in [0.717, 1.165) is 26.5 Å². The monoisotopic (exact) mass is 368 g/mol. The fourth-order valence-electron chi connectivity index (χ4n) is 2.47. The molecule has 0 aliphatic rings. The van der Waals surface area contributed by atoms with E-state index in [2.05, 4.69) is 29.9 Å². The smallest absolute Gasteiger partial charge is 0.238 e. The van der Waals surface area contributed by atoms with Crippen molar-refractivity contribution in [2.45, 2.75) is 18.9 Å². The van der Waals surface area contributed by atoms with Crippen molar-refractivity contribution in [2.75, 3.05) is 17.2 Å². The zero-order valence-corrected chi connectivity index (χ0v) is 15.5. The Morgan fingerprint density at radius 2 is 2.04 bits per heavy atom. The number of nitriles is 1. The number of aryl methyl sites for hydroxylation is 2. The number of hydrogen-bond acceptors (Lipinski definition) is 6. The molecule has 0 saturated heterocycles. The lowest BCUT2D eigenvalue weighted by molar-refractivity contribution is -0.116. The van der Waals surface area contributed by atoms with Crippen molar-refractivity contribution < 1.29 is 4.79 Å². The van der Waals surface area contributed by atoms with Gasteiger partial charge in [0.05, 0.1) is 11.8 Å². The molecule has 25 heavy (non-hydrogen) atoms. The molecule has 0 bridgehead atoms. The number of fused-ring (bicyclic) bond motifs is 1. The largest absolute Gasteiger partial charge is 0.298 e. The summed E-state index contributed by atoms with van der Waals surface area (Å²) in [6, 6.07) is 11.3. The van der Waals surface area contributed by atoms with Crippen molar-refractivity contribution in [1.82, 2.24) is 9.97 Å². The van der Waals surface area contributed by atoms with Gasteiger partial charge in [0.1, 0.15) is 22.7 Å². The minimum Gasteiger partial charge on any atom is -0.298 e. The van der Waals surface area contributed by atoms with E-state index in [9.17, 15) is 4.79 Å². The van der Waals surface area contributed by atoms with Gasteiger partial charge >= 0.3 is 0 Å². The summed E-state index contributed by atoms with van der Waals surface area (Å²) in [7, 11) is 0. The average molecular weight is 368 g/mol. The third-order valence-electron chi connectivity index (χ3n) is 3.86. The molecule has 2 aromatic heterocycles. The van der Waals surface area contributed by atoms with Gasteiger partial charge in [0.2, 0.25) is 5.91 Å². The second-order valence-electron chi connectivity index (χ2n) is 5.40. The first-order valence-corrected chi connectivity index (χ1v) is 9.48. The number of benzene rings is 1. The van der Waals surface area contributed by atoms with Gasteiger partial charge in [-0.2, -0.15) is 5.26 Å². The standard InChI is InChI=1S/C18H16N4OS2/c1-12-13(2)25-18-16(12)17(20-11-21-18)24-10-15(23)22(9-8-19)14-6-4-3-5-7-14/h3-7,11H,9-10H2,1-2H3. The maximum atomic E-state index is 12.6. The maximum absolute atomic E-state index is 12.6. The number of anilines is 1. The molecule has 0 aliphatic heterocycles. The molecule has 3 aromatic rings. The zero-order valence-electron chi connectivity index (χ0n) is 13.9. The highest BCUT2D eigenvalue weighted by Crippen LogP contribution is 2.34. The molecule has 0 unspecified atom stereocenters. The number of amides is 1. The van der Waals surface area contributed by atoms with Crippen LogP contribution < -0.4 is 4.90 Å². The van der Waals surface area contributed by atoms with E-state index in [1.807, 2.05) is 30.3 Å². The van der Waals surface area contributed by atoms with Crippen molar-refractivity contribution in [3.05, 3.63) is 47.1 Å². The van der Waals surface area contributed by atoms with Crippen molar-refractivity contribution in [2.24, 2.45) is 0 Å². The minimum absolute atomic E-state index is 0.0270. The highest BCUT2D eigenvalue weighted by Gasteiger charge is 2.18. The molecular formula is C18H16N4OS2. The third kappa shape index (κ3) is 3.65. The van der Waals surface area contributed by atoms with Crippen LogP contribution in [0, 0.1) is 25.2 Å².